The Morgan fingerprint density at radius 3 is 2.38 bits per heavy atom. The molecule has 2 aromatic carbocycles. The van der Waals surface area contributed by atoms with Crippen LogP contribution in [0.3, 0.4) is 0 Å². The number of rotatable bonds is 11. The molecule has 2 amide bonds. The highest BCUT2D eigenvalue weighted by molar-refractivity contribution is 5.86. The van der Waals surface area contributed by atoms with E-state index in [4.69, 9.17) is 10.8 Å². The summed E-state index contributed by atoms with van der Waals surface area (Å²) in [6.07, 6.45) is 6.23. The van der Waals surface area contributed by atoms with E-state index in [0.717, 1.165) is 34.6 Å². The number of nitrogens with two attached hydrogens (primary N) is 1. The summed E-state index contributed by atoms with van der Waals surface area (Å²) in [4.78, 5) is 28.7. The van der Waals surface area contributed by atoms with Gasteiger partial charge in [0, 0.05) is 30.8 Å². The first-order valence-electron chi connectivity index (χ1n) is 13.6. The first-order valence-corrected chi connectivity index (χ1v) is 13.6. The number of aromatic hydroxyl groups is 1. The Bertz CT molecular complexity index is 1440. The van der Waals surface area contributed by atoms with Crippen LogP contribution in [0.4, 0.5) is 0 Å². The molecule has 0 aliphatic carbocycles. The number of hydrogen-bond donors (Lipinski definition) is 3. The summed E-state index contributed by atoms with van der Waals surface area (Å²) in [6, 6.07) is 20.1. The lowest BCUT2D eigenvalue weighted by molar-refractivity contribution is -0.127. The van der Waals surface area contributed by atoms with Crippen LogP contribution in [0.5, 0.6) is 5.75 Å². The van der Waals surface area contributed by atoms with E-state index >= 15 is 0 Å². The minimum Gasteiger partial charge on any atom is -0.508 e. The van der Waals surface area contributed by atoms with Gasteiger partial charge in [-0.15, -0.1) is 0 Å². The van der Waals surface area contributed by atoms with Crippen molar-refractivity contribution < 1.29 is 14.7 Å². The number of benzene rings is 2. The van der Waals surface area contributed by atoms with Crippen LogP contribution in [0.15, 0.2) is 79.1 Å². The van der Waals surface area contributed by atoms with E-state index in [9.17, 15) is 14.7 Å². The highest BCUT2D eigenvalue weighted by Gasteiger charge is 2.22. The molecule has 0 saturated heterocycles. The third-order valence-corrected chi connectivity index (χ3v) is 6.82. The second kappa shape index (κ2) is 12.6. The second-order valence-electron chi connectivity index (χ2n) is 11.0. The van der Waals surface area contributed by atoms with Crippen LogP contribution in [0.1, 0.15) is 56.9 Å². The normalized spacial score (nSPS) is 12.2. The molecule has 40 heavy (non-hydrogen) atoms. The molecule has 2 aromatic heterocycles. The molecular weight excluding hydrogens is 502 g/mol. The summed E-state index contributed by atoms with van der Waals surface area (Å²) >= 11 is 0. The maximum atomic E-state index is 12.6. The molecule has 0 unspecified atom stereocenters. The fourth-order valence-electron chi connectivity index (χ4n) is 4.71. The molecule has 0 aliphatic rings. The number of primary amides is 1. The van der Waals surface area contributed by atoms with Gasteiger partial charge in [0.25, 0.3) is 0 Å². The maximum absolute atomic E-state index is 12.6. The number of carbonyl (C=O) groups is 2. The summed E-state index contributed by atoms with van der Waals surface area (Å²) in [5, 5.41) is 17.2. The maximum Gasteiger partial charge on any atom is 0.240 e. The minimum absolute atomic E-state index is 0.0589. The number of aryl methyl sites for hydroxylation is 1. The Kier molecular flexibility index (Phi) is 8.99. The van der Waals surface area contributed by atoms with Crippen LogP contribution >= 0.6 is 0 Å². The van der Waals surface area contributed by atoms with Gasteiger partial charge in [-0.2, -0.15) is 5.10 Å². The molecular formula is C32H37N5O3. The zero-order valence-corrected chi connectivity index (χ0v) is 23.3. The third-order valence-electron chi connectivity index (χ3n) is 6.82. The monoisotopic (exact) mass is 539 g/mol. The number of hydrogen-bond acceptors (Lipinski definition) is 5. The first-order chi connectivity index (χ1) is 19.1. The topological polar surface area (TPSA) is 123 Å². The SMILES string of the molecule is CC(C)(C)c1ccccc1-n1nc(CCCCC(=O)N[C@@H](Cc2ccc(O)cc2)C(N)=O)cc1-c1ccncc1. The standard InChI is InChI=1S/C32H37N5O3/c1-32(2,3)26-9-5-6-10-28(26)37-29(23-16-18-34-19-17-23)21-24(36-37)8-4-7-11-30(39)35-27(31(33)40)20-22-12-14-25(38)15-13-22/h5-6,9-10,12-19,21,27,38H,4,7-8,11,20H2,1-3H3,(H2,33,40)(H,35,39)/t27-/m0/s1. The average Bonchev–Trinajstić information content (AvgIpc) is 3.36. The van der Waals surface area contributed by atoms with E-state index in [1.54, 1.807) is 36.7 Å². The summed E-state index contributed by atoms with van der Waals surface area (Å²) in [5.41, 5.74) is 11.5. The van der Waals surface area contributed by atoms with Crippen molar-refractivity contribution in [3.05, 3.63) is 95.9 Å². The van der Waals surface area contributed by atoms with E-state index in [1.807, 2.05) is 22.9 Å². The van der Waals surface area contributed by atoms with E-state index < -0.39 is 11.9 Å². The quantitative estimate of drug-likeness (QED) is 0.235. The molecule has 2 heterocycles. The predicted octanol–water partition coefficient (Wildman–Crippen LogP) is 4.86. The molecule has 0 fully saturated rings. The Hall–Kier alpha value is -4.46. The van der Waals surface area contributed by atoms with E-state index in [-0.39, 0.29) is 29.9 Å². The van der Waals surface area contributed by atoms with Crippen LogP contribution < -0.4 is 11.1 Å². The number of nitrogens with zero attached hydrogens (tertiary/aromatic N) is 3. The van der Waals surface area contributed by atoms with Gasteiger partial charge in [-0.25, -0.2) is 4.68 Å². The number of amides is 2. The molecule has 4 N–H and O–H groups in total. The molecule has 4 rings (SSSR count). The van der Waals surface area contributed by atoms with Crippen molar-refractivity contribution in [1.82, 2.24) is 20.1 Å². The third kappa shape index (κ3) is 7.34. The number of phenols is 1. The number of phenolic OH excluding ortho intramolecular Hbond substituents is 1. The molecule has 0 bridgehead atoms. The van der Waals surface area contributed by atoms with Crippen LogP contribution in [-0.4, -0.2) is 37.7 Å². The van der Waals surface area contributed by atoms with Crippen molar-refractivity contribution in [2.75, 3.05) is 0 Å². The van der Waals surface area contributed by atoms with Crippen LogP contribution in [0, 0.1) is 0 Å². The lowest BCUT2D eigenvalue weighted by Gasteiger charge is -2.23. The van der Waals surface area contributed by atoms with Crippen molar-refractivity contribution in [3.63, 3.8) is 0 Å². The number of unbranched alkanes of at least 4 members (excludes halogenated alkanes) is 1. The van der Waals surface area contributed by atoms with Crippen molar-refractivity contribution in [1.29, 1.82) is 0 Å². The van der Waals surface area contributed by atoms with E-state index in [1.165, 1.54) is 5.56 Å². The number of aromatic nitrogens is 3. The summed E-state index contributed by atoms with van der Waals surface area (Å²) in [5.74, 6) is -0.671. The average molecular weight is 540 g/mol. The molecule has 0 saturated carbocycles. The summed E-state index contributed by atoms with van der Waals surface area (Å²) in [7, 11) is 0. The highest BCUT2D eigenvalue weighted by Crippen LogP contribution is 2.32. The Morgan fingerprint density at radius 2 is 1.70 bits per heavy atom. The van der Waals surface area contributed by atoms with Crippen molar-refractivity contribution in [3.8, 4) is 22.7 Å². The molecule has 4 aromatic rings. The van der Waals surface area contributed by atoms with E-state index in [0.29, 0.717) is 12.8 Å². The number of pyridine rings is 1. The highest BCUT2D eigenvalue weighted by atomic mass is 16.3. The molecule has 8 nitrogen and oxygen atoms in total. The largest absolute Gasteiger partial charge is 0.508 e. The Balaban J connectivity index is 1.42. The smallest absolute Gasteiger partial charge is 0.240 e. The first kappa shape index (κ1) is 28.5. The molecule has 8 heteroatoms. The van der Waals surface area contributed by atoms with Gasteiger partial charge in [-0.3, -0.25) is 14.6 Å². The van der Waals surface area contributed by atoms with Crippen LogP contribution in [0.25, 0.3) is 16.9 Å². The fraction of sp³-hybridized carbons (Fsp3) is 0.312. The second-order valence-corrected chi connectivity index (χ2v) is 11.0. The number of para-hydroxylation sites is 1. The van der Waals surface area contributed by atoms with Crippen molar-refractivity contribution >= 4 is 11.8 Å². The zero-order chi connectivity index (χ0) is 28.7. The predicted molar refractivity (Wildman–Crippen MR) is 156 cm³/mol. The molecule has 208 valence electrons. The molecule has 1 atom stereocenters. The molecule has 0 radical (unpaired) electrons. The Labute approximate surface area is 235 Å². The number of nitrogens with one attached hydrogen (secondary N) is 1. The molecule has 0 aliphatic heterocycles. The minimum atomic E-state index is -0.807. The summed E-state index contributed by atoms with van der Waals surface area (Å²) in [6.45, 7) is 6.59. The lowest BCUT2D eigenvalue weighted by atomic mass is 9.86. The fourth-order valence-corrected chi connectivity index (χ4v) is 4.71. The van der Waals surface area contributed by atoms with Gasteiger partial charge in [0.15, 0.2) is 0 Å². The van der Waals surface area contributed by atoms with Gasteiger partial charge < -0.3 is 16.2 Å². The van der Waals surface area contributed by atoms with Gasteiger partial charge in [-0.1, -0.05) is 51.1 Å². The van der Waals surface area contributed by atoms with Crippen molar-refractivity contribution in [2.45, 2.75) is 64.3 Å². The van der Waals surface area contributed by atoms with E-state index in [2.05, 4.69) is 55.3 Å². The van der Waals surface area contributed by atoms with Gasteiger partial charge in [-0.05, 0) is 72.2 Å². The van der Waals surface area contributed by atoms with Crippen LogP contribution in [0.2, 0.25) is 0 Å². The Morgan fingerprint density at radius 1 is 1.00 bits per heavy atom. The molecule has 0 spiro atoms. The van der Waals surface area contributed by atoms with Gasteiger partial charge in [0.1, 0.15) is 11.8 Å². The zero-order valence-electron chi connectivity index (χ0n) is 23.3. The van der Waals surface area contributed by atoms with Gasteiger partial charge in [0.05, 0.1) is 17.1 Å². The lowest BCUT2D eigenvalue weighted by Crippen LogP contribution is -2.45. The summed E-state index contributed by atoms with van der Waals surface area (Å²) < 4.78 is 2.01. The van der Waals surface area contributed by atoms with Gasteiger partial charge >= 0.3 is 0 Å². The van der Waals surface area contributed by atoms with Crippen LogP contribution in [-0.2, 0) is 27.8 Å². The van der Waals surface area contributed by atoms with Gasteiger partial charge in [0.2, 0.25) is 11.8 Å². The number of carbonyl (C=O) groups excluding carboxylic acids is 2. The van der Waals surface area contributed by atoms with Crippen molar-refractivity contribution in [2.24, 2.45) is 5.73 Å².